The minimum atomic E-state index is -0.363. The Morgan fingerprint density at radius 1 is 1.38 bits per heavy atom. The topological polar surface area (TPSA) is 32.3 Å². The molecular formula is C17H32N2OS. The van der Waals surface area contributed by atoms with Gasteiger partial charge in [0.25, 0.3) is 0 Å². The summed E-state index contributed by atoms with van der Waals surface area (Å²) in [6.45, 7) is 9.59. The van der Waals surface area contributed by atoms with Crippen molar-refractivity contribution >= 4 is 17.7 Å². The lowest BCUT2D eigenvalue weighted by molar-refractivity contribution is -0.133. The van der Waals surface area contributed by atoms with Crippen molar-refractivity contribution in [2.24, 2.45) is 5.92 Å². The van der Waals surface area contributed by atoms with Crippen LogP contribution in [-0.4, -0.2) is 40.1 Å². The van der Waals surface area contributed by atoms with Crippen molar-refractivity contribution in [2.45, 2.75) is 82.7 Å². The second kappa shape index (κ2) is 6.49. The Labute approximate surface area is 134 Å². The van der Waals surface area contributed by atoms with Gasteiger partial charge in [0.05, 0.1) is 11.7 Å². The van der Waals surface area contributed by atoms with E-state index in [-0.39, 0.29) is 11.7 Å². The maximum atomic E-state index is 13.0. The van der Waals surface area contributed by atoms with E-state index in [0.29, 0.717) is 16.6 Å². The number of carbonyl (C=O) groups is 1. The molecule has 0 aromatic carbocycles. The van der Waals surface area contributed by atoms with Gasteiger partial charge in [-0.2, -0.15) is 11.8 Å². The van der Waals surface area contributed by atoms with Crippen molar-refractivity contribution in [2.75, 3.05) is 12.8 Å². The number of hydrogen-bond acceptors (Lipinski definition) is 3. The van der Waals surface area contributed by atoms with Gasteiger partial charge in [0.15, 0.2) is 0 Å². The Morgan fingerprint density at radius 2 is 2.00 bits per heavy atom. The molecule has 3 nitrogen and oxygen atoms in total. The average Bonchev–Trinajstić information content (AvgIpc) is 2.99. The lowest BCUT2D eigenvalue weighted by atomic mass is 9.98. The van der Waals surface area contributed by atoms with E-state index in [0.717, 1.165) is 19.4 Å². The summed E-state index contributed by atoms with van der Waals surface area (Å²) in [5.41, 5.74) is -0.363. The van der Waals surface area contributed by atoms with Crippen LogP contribution in [0, 0.1) is 5.92 Å². The molecule has 1 saturated heterocycles. The first-order valence-electron chi connectivity index (χ1n) is 8.50. The summed E-state index contributed by atoms with van der Waals surface area (Å²) in [4.78, 5) is 15.1. The number of hydrogen-bond donors (Lipinski definition) is 1. The van der Waals surface area contributed by atoms with E-state index in [1.54, 1.807) is 0 Å². The average molecular weight is 313 g/mol. The molecule has 21 heavy (non-hydrogen) atoms. The molecule has 2 unspecified atom stereocenters. The van der Waals surface area contributed by atoms with Gasteiger partial charge >= 0.3 is 0 Å². The Balaban J connectivity index is 2.18. The highest BCUT2D eigenvalue weighted by atomic mass is 32.2. The molecule has 2 aliphatic rings. The first-order valence-corrected chi connectivity index (χ1v) is 9.72. The molecule has 1 heterocycles. The van der Waals surface area contributed by atoms with E-state index in [4.69, 9.17) is 0 Å². The third kappa shape index (κ3) is 3.42. The molecule has 122 valence electrons. The molecule has 0 bridgehead atoms. The Morgan fingerprint density at radius 3 is 2.48 bits per heavy atom. The minimum absolute atomic E-state index is 0.215. The third-order valence-electron chi connectivity index (χ3n) is 5.40. The second-order valence-corrected chi connectivity index (χ2v) is 8.78. The summed E-state index contributed by atoms with van der Waals surface area (Å²) >= 11 is 1.98. The molecule has 4 heteroatoms. The minimum Gasteiger partial charge on any atom is -0.324 e. The lowest BCUT2D eigenvalue weighted by Crippen LogP contribution is -2.46. The lowest BCUT2D eigenvalue weighted by Gasteiger charge is -2.35. The van der Waals surface area contributed by atoms with E-state index < -0.39 is 0 Å². The highest BCUT2D eigenvalue weighted by molar-refractivity contribution is 8.00. The van der Waals surface area contributed by atoms with Crippen LogP contribution < -0.4 is 5.32 Å². The molecule has 0 spiro atoms. The molecule has 0 radical (unpaired) electrons. The zero-order valence-electron chi connectivity index (χ0n) is 14.4. The van der Waals surface area contributed by atoms with Gasteiger partial charge in [0.2, 0.25) is 5.91 Å². The second-order valence-electron chi connectivity index (χ2n) is 7.50. The normalized spacial score (nSPS) is 32.4. The van der Waals surface area contributed by atoms with Crippen molar-refractivity contribution < 1.29 is 4.79 Å². The summed E-state index contributed by atoms with van der Waals surface area (Å²) in [6.07, 6.45) is 9.49. The summed E-state index contributed by atoms with van der Waals surface area (Å²) in [5.74, 6) is 0.918. The first kappa shape index (κ1) is 17.1. The fourth-order valence-corrected chi connectivity index (χ4v) is 4.76. The van der Waals surface area contributed by atoms with Gasteiger partial charge in [-0.25, -0.2) is 0 Å². The summed E-state index contributed by atoms with van der Waals surface area (Å²) in [5, 5.41) is 3.63. The van der Waals surface area contributed by atoms with Crippen molar-refractivity contribution in [1.29, 1.82) is 0 Å². The monoisotopic (exact) mass is 312 g/mol. The smallest absolute Gasteiger partial charge is 0.243 e. The van der Waals surface area contributed by atoms with Crippen molar-refractivity contribution in [3.05, 3.63) is 0 Å². The zero-order valence-corrected chi connectivity index (χ0v) is 15.2. The Kier molecular flexibility index (Phi) is 5.30. The fraction of sp³-hybridized carbons (Fsp3) is 0.941. The maximum absolute atomic E-state index is 13.0. The molecule has 1 amide bonds. The Hall–Kier alpha value is -0.220. The van der Waals surface area contributed by atoms with Gasteiger partial charge in [0, 0.05) is 11.3 Å². The maximum Gasteiger partial charge on any atom is 0.243 e. The van der Waals surface area contributed by atoms with Crippen LogP contribution in [0.2, 0.25) is 0 Å². The van der Waals surface area contributed by atoms with Gasteiger partial charge < -0.3 is 4.90 Å². The quantitative estimate of drug-likeness (QED) is 0.813. The van der Waals surface area contributed by atoms with Gasteiger partial charge in [-0.1, -0.05) is 33.6 Å². The van der Waals surface area contributed by atoms with Crippen LogP contribution >= 0.6 is 11.8 Å². The zero-order chi connectivity index (χ0) is 15.7. The molecule has 1 aliphatic carbocycles. The number of thioether (sulfide) groups is 1. The fourth-order valence-electron chi connectivity index (χ4n) is 3.79. The van der Waals surface area contributed by atoms with Crippen LogP contribution in [-0.2, 0) is 4.79 Å². The number of amides is 1. The molecule has 2 rings (SSSR count). The Bertz CT molecular complexity index is 379. The third-order valence-corrected chi connectivity index (χ3v) is 6.81. The molecule has 2 atom stereocenters. The van der Waals surface area contributed by atoms with Crippen molar-refractivity contribution in [3.8, 4) is 0 Å². The summed E-state index contributed by atoms with van der Waals surface area (Å²) in [7, 11) is 0. The molecule has 0 aromatic heterocycles. The molecule has 1 aliphatic heterocycles. The number of carbonyl (C=O) groups excluding carboxylic acids is 1. The van der Waals surface area contributed by atoms with Crippen LogP contribution in [0.25, 0.3) is 0 Å². The number of rotatable bonds is 6. The van der Waals surface area contributed by atoms with Crippen LogP contribution in [0.4, 0.5) is 0 Å². The number of nitrogens with zero attached hydrogens (tertiary/aromatic N) is 1. The van der Waals surface area contributed by atoms with Gasteiger partial charge in [-0.05, 0) is 44.8 Å². The van der Waals surface area contributed by atoms with Crippen LogP contribution in [0.5, 0.6) is 0 Å². The largest absolute Gasteiger partial charge is 0.324 e. The van der Waals surface area contributed by atoms with Crippen LogP contribution in [0.1, 0.15) is 66.2 Å². The summed E-state index contributed by atoms with van der Waals surface area (Å²) < 4.78 is 0.297. The molecule has 0 aromatic rings. The highest BCUT2D eigenvalue weighted by Crippen LogP contribution is 2.42. The molecule has 1 saturated carbocycles. The predicted octanol–water partition coefficient (Wildman–Crippen LogP) is 3.63. The highest BCUT2D eigenvalue weighted by Gasteiger charge is 2.49. The van der Waals surface area contributed by atoms with E-state index in [1.165, 1.54) is 25.7 Å². The molecular weight excluding hydrogens is 280 g/mol. The van der Waals surface area contributed by atoms with E-state index in [2.05, 4.69) is 44.2 Å². The predicted molar refractivity (Wildman–Crippen MR) is 91.5 cm³/mol. The van der Waals surface area contributed by atoms with Crippen LogP contribution in [0.3, 0.4) is 0 Å². The van der Waals surface area contributed by atoms with Gasteiger partial charge in [-0.3, -0.25) is 10.1 Å². The number of nitrogens with one attached hydrogen (secondary N) is 1. The first-order chi connectivity index (χ1) is 9.86. The van der Waals surface area contributed by atoms with Crippen molar-refractivity contribution in [1.82, 2.24) is 10.2 Å². The van der Waals surface area contributed by atoms with Crippen molar-refractivity contribution in [3.63, 3.8) is 0 Å². The standard InChI is InChI=1S/C17H32N2OS/c1-6-16(4)15(20)19(14(18-16)11-13(2)3)12-17(21-5)9-7-8-10-17/h13-14,18H,6-12H2,1-5H3. The van der Waals surface area contributed by atoms with Crippen LogP contribution in [0.15, 0.2) is 0 Å². The SMILES string of the molecule is CCC1(C)NC(CC(C)C)N(CC2(SC)CCCC2)C1=O. The molecule has 1 N–H and O–H groups in total. The van der Waals surface area contributed by atoms with E-state index in [1.807, 2.05) is 11.8 Å². The van der Waals surface area contributed by atoms with Gasteiger partial charge in [0.1, 0.15) is 0 Å². The van der Waals surface area contributed by atoms with E-state index >= 15 is 0 Å². The van der Waals surface area contributed by atoms with E-state index in [9.17, 15) is 4.79 Å². The van der Waals surface area contributed by atoms with Gasteiger partial charge in [-0.15, -0.1) is 0 Å². The summed E-state index contributed by atoms with van der Waals surface area (Å²) in [6, 6.07) is 0. The molecule has 2 fully saturated rings.